The summed E-state index contributed by atoms with van der Waals surface area (Å²) in [7, 11) is 0. The number of hydrazone groups is 1. The van der Waals surface area contributed by atoms with Crippen molar-refractivity contribution in [2.24, 2.45) is 5.10 Å². The van der Waals surface area contributed by atoms with Crippen LogP contribution in [0.1, 0.15) is 18.9 Å². The van der Waals surface area contributed by atoms with Gasteiger partial charge in [-0.3, -0.25) is 9.59 Å². The maximum absolute atomic E-state index is 12.3. The van der Waals surface area contributed by atoms with E-state index in [1.54, 1.807) is 12.4 Å². The first kappa shape index (κ1) is 14.8. The highest BCUT2D eigenvalue weighted by Gasteiger charge is 2.24. The van der Waals surface area contributed by atoms with Crippen molar-refractivity contribution in [3.05, 3.63) is 48.2 Å². The summed E-state index contributed by atoms with van der Waals surface area (Å²) in [5.74, 6) is -0.596. The number of nitrogens with one attached hydrogen (secondary N) is 2. The van der Waals surface area contributed by atoms with Crippen molar-refractivity contribution >= 4 is 18.0 Å². The van der Waals surface area contributed by atoms with Crippen LogP contribution < -0.4 is 10.6 Å². The van der Waals surface area contributed by atoms with E-state index >= 15 is 0 Å². The molecule has 6 heteroatoms. The number of rotatable bonds is 5. The van der Waals surface area contributed by atoms with Crippen LogP contribution in [0.15, 0.2) is 47.7 Å². The molecular formula is C15H18N4O2. The average Bonchev–Trinajstić information content (AvgIpc) is 2.52. The highest BCUT2D eigenvalue weighted by molar-refractivity contribution is 5.86. The molecule has 1 atom stereocenters. The van der Waals surface area contributed by atoms with Crippen LogP contribution in [0.3, 0.4) is 0 Å². The summed E-state index contributed by atoms with van der Waals surface area (Å²) in [4.78, 5) is 23.6. The molecule has 0 aliphatic carbocycles. The first-order chi connectivity index (χ1) is 10.2. The van der Waals surface area contributed by atoms with Crippen molar-refractivity contribution in [3.63, 3.8) is 0 Å². The minimum absolute atomic E-state index is 0.288. The topological polar surface area (TPSA) is 73.8 Å². The van der Waals surface area contributed by atoms with Gasteiger partial charge in [0.25, 0.3) is 5.91 Å². The Balaban J connectivity index is 2.00. The van der Waals surface area contributed by atoms with Gasteiger partial charge in [-0.2, -0.15) is 5.10 Å². The van der Waals surface area contributed by atoms with Gasteiger partial charge in [-0.25, -0.2) is 5.01 Å². The fourth-order valence-corrected chi connectivity index (χ4v) is 1.89. The molecule has 1 aromatic carbocycles. The summed E-state index contributed by atoms with van der Waals surface area (Å²) in [6.07, 6.45) is 5.10. The van der Waals surface area contributed by atoms with Crippen LogP contribution in [0.4, 0.5) is 0 Å². The Morgan fingerprint density at radius 2 is 2.10 bits per heavy atom. The van der Waals surface area contributed by atoms with Gasteiger partial charge in [-0.15, -0.1) is 0 Å². The molecule has 0 saturated heterocycles. The van der Waals surface area contributed by atoms with Crippen molar-refractivity contribution in [3.8, 4) is 0 Å². The molecule has 0 radical (unpaired) electrons. The van der Waals surface area contributed by atoms with E-state index < -0.39 is 6.17 Å². The first-order valence-corrected chi connectivity index (χ1v) is 6.73. The van der Waals surface area contributed by atoms with Crippen LogP contribution in [0.5, 0.6) is 0 Å². The molecule has 1 aliphatic heterocycles. The Hall–Kier alpha value is -2.63. The fourth-order valence-electron chi connectivity index (χ4n) is 1.89. The Morgan fingerprint density at radius 1 is 1.33 bits per heavy atom. The lowest BCUT2D eigenvalue weighted by molar-refractivity contribution is -0.131. The van der Waals surface area contributed by atoms with Gasteiger partial charge >= 0.3 is 0 Å². The summed E-state index contributed by atoms with van der Waals surface area (Å²) in [6.45, 7) is 1.77. The summed E-state index contributed by atoms with van der Waals surface area (Å²) in [5.41, 5.74) is 0.991. The second-order valence-corrected chi connectivity index (χ2v) is 4.60. The van der Waals surface area contributed by atoms with E-state index in [-0.39, 0.29) is 11.8 Å². The second-order valence-electron chi connectivity index (χ2n) is 4.60. The zero-order valence-corrected chi connectivity index (χ0v) is 11.8. The smallest absolute Gasteiger partial charge is 0.265 e. The molecule has 110 valence electrons. The molecule has 1 aromatic rings. The molecule has 1 aliphatic rings. The van der Waals surface area contributed by atoms with Crippen molar-refractivity contribution in [2.75, 3.05) is 0 Å². The molecule has 0 fully saturated rings. The lowest BCUT2D eigenvalue weighted by atomic mass is 10.2. The van der Waals surface area contributed by atoms with E-state index in [0.717, 1.165) is 12.0 Å². The van der Waals surface area contributed by atoms with Crippen molar-refractivity contribution in [2.45, 2.75) is 26.1 Å². The van der Waals surface area contributed by atoms with E-state index in [0.29, 0.717) is 6.54 Å². The molecule has 0 spiro atoms. The molecule has 1 heterocycles. The number of hydrogen-bond acceptors (Lipinski definition) is 4. The fraction of sp³-hybridized carbons (Fsp3) is 0.267. The zero-order valence-electron chi connectivity index (χ0n) is 11.8. The van der Waals surface area contributed by atoms with E-state index in [1.807, 2.05) is 36.4 Å². The highest BCUT2D eigenvalue weighted by atomic mass is 16.2. The van der Waals surface area contributed by atoms with Crippen LogP contribution in [0.2, 0.25) is 0 Å². The Bertz CT molecular complexity index is 542. The molecule has 2 N–H and O–H groups in total. The summed E-state index contributed by atoms with van der Waals surface area (Å²) < 4.78 is 0. The highest BCUT2D eigenvalue weighted by Crippen LogP contribution is 2.05. The van der Waals surface area contributed by atoms with Crippen LogP contribution in [0, 0.1) is 0 Å². The van der Waals surface area contributed by atoms with Crippen LogP contribution in [0.25, 0.3) is 0 Å². The third kappa shape index (κ3) is 4.45. The van der Waals surface area contributed by atoms with Gasteiger partial charge in [0.05, 0.1) is 0 Å². The lowest BCUT2D eigenvalue weighted by Crippen LogP contribution is -2.53. The SMILES string of the molecule is CC(=O)NC(C(=O)NCc1ccccc1)N1C=CCC=N1. The summed E-state index contributed by atoms with van der Waals surface area (Å²) >= 11 is 0. The number of hydrogen-bond donors (Lipinski definition) is 2. The number of allylic oxidation sites excluding steroid dienone is 1. The normalized spacial score (nSPS) is 14.6. The molecule has 0 aromatic heterocycles. The zero-order chi connectivity index (χ0) is 15.1. The monoisotopic (exact) mass is 286 g/mol. The second kappa shape index (κ2) is 7.23. The van der Waals surface area contributed by atoms with Gasteiger partial charge in [-0.05, 0) is 5.56 Å². The van der Waals surface area contributed by atoms with E-state index in [1.165, 1.54) is 11.9 Å². The third-order valence-electron chi connectivity index (χ3n) is 2.88. The predicted molar refractivity (Wildman–Crippen MR) is 80.0 cm³/mol. The van der Waals surface area contributed by atoms with E-state index in [9.17, 15) is 9.59 Å². The molecule has 0 saturated carbocycles. The van der Waals surface area contributed by atoms with Gasteiger partial charge in [0.1, 0.15) is 0 Å². The Kier molecular flexibility index (Phi) is 5.09. The molecule has 1 unspecified atom stereocenters. The van der Waals surface area contributed by atoms with Crippen molar-refractivity contribution in [1.29, 1.82) is 0 Å². The Labute approximate surface area is 123 Å². The molecule has 0 bridgehead atoms. The molecule has 2 amide bonds. The first-order valence-electron chi connectivity index (χ1n) is 6.73. The number of carbonyl (C=O) groups is 2. The average molecular weight is 286 g/mol. The minimum Gasteiger partial charge on any atom is -0.349 e. The van der Waals surface area contributed by atoms with Crippen LogP contribution in [-0.2, 0) is 16.1 Å². The quantitative estimate of drug-likeness (QED) is 0.847. The summed E-state index contributed by atoms with van der Waals surface area (Å²) in [6, 6.07) is 9.58. The predicted octanol–water partition coefficient (Wildman–Crippen LogP) is 0.970. The van der Waals surface area contributed by atoms with Gasteiger partial charge in [0.15, 0.2) is 0 Å². The van der Waals surface area contributed by atoms with Gasteiger partial charge < -0.3 is 10.6 Å². The standard InChI is InChI=1S/C15H18N4O2/c1-12(20)18-14(19-10-6-5-9-17-19)15(21)16-11-13-7-3-2-4-8-13/h2-4,6-10,14H,5,11H2,1H3,(H,16,21)(H,18,20). The third-order valence-corrected chi connectivity index (χ3v) is 2.88. The molecule has 21 heavy (non-hydrogen) atoms. The van der Waals surface area contributed by atoms with Crippen LogP contribution >= 0.6 is 0 Å². The van der Waals surface area contributed by atoms with Gasteiger partial charge in [-0.1, -0.05) is 36.4 Å². The maximum atomic E-state index is 12.3. The molecule has 2 rings (SSSR count). The van der Waals surface area contributed by atoms with E-state index in [2.05, 4.69) is 15.7 Å². The van der Waals surface area contributed by atoms with Crippen molar-refractivity contribution < 1.29 is 9.59 Å². The minimum atomic E-state index is -0.848. The number of amides is 2. The Morgan fingerprint density at radius 3 is 2.71 bits per heavy atom. The number of carbonyl (C=O) groups excluding carboxylic acids is 2. The van der Waals surface area contributed by atoms with Gasteiger partial charge in [0, 0.05) is 32.3 Å². The van der Waals surface area contributed by atoms with E-state index in [4.69, 9.17) is 0 Å². The number of benzene rings is 1. The van der Waals surface area contributed by atoms with Crippen molar-refractivity contribution in [1.82, 2.24) is 15.6 Å². The van der Waals surface area contributed by atoms with Gasteiger partial charge in [0.2, 0.25) is 12.1 Å². The largest absolute Gasteiger partial charge is 0.349 e. The molecular weight excluding hydrogens is 268 g/mol. The maximum Gasteiger partial charge on any atom is 0.265 e. The van der Waals surface area contributed by atoms with Crippen LogP contribution in [-0.4, -0.2) is 29.2 Å². The number of nitrogens with zero attached hydrogens (tertiary/aromatic N) is 2. The summed E-state index contributed by atoms with van der Waals surface area (Å²) in [5, 5.41) is 10.9. The molecule has 6 nitrogen and oxygen atoms in total. The lowest BCUT2D eigenvalue weighted by Gasteiger charge is -2.26.